The van der Waals surface area contributed by atoms with Crippen molar-refractivity contribution >= 4 is 35.3 Å². The normalized spacial score (nSPS) is 16.9. The van der Waals surface area contributed by atoms with Crippen LogP contribution in [0.4, 0.5) is 0 Å². The van der Waals surface area contributed by atoms with Crippen LogP contribution >= 0.6 is 0 Å². The molecule has 0 radical (unpaired) electrons. The molecule has 2 rings (SSSR count). The van der Waals surface area contributed by atoms with Crippen LogP contribution in [0.15, 0.2) is 30.3 Å². The van der Waals surface area contributed by atoms with Crippen LogP contribution in [0.1, 0.15) is 58.8 Å². The molecule has 1 aromatic rings. The monoisotopic (exact) mass is 586 g/mol. The van der Waals surface area contributed by atoms with Crippen molar-refractivity contribution in [3.63, 3.8) is 0 Å². The number of amides is 5. The van der Waals surface area contributed by atoms with Gasteiger partial charge in [-0.25, -0.2) is 0 Å². The van der Waals surface area contributed by atoms with Crippen LogP contribution in [0.2, 0.25) is 0 Å². The predicted molar refractivity (Wildman–Crippen MR) is 158 cm³/mol. The molecule has 1 aliphatic heterocycles. The lowest BCUT2D eigenvalue weighted by molar-refractivity contribution is -0.143. The average molecular weight is 587 g/mol. The Hall–Kier alpha value is -3.80. The fourth-order valence-corrected chi connectivity index (χ4v) is 4.43. The van der Waals surface area contributed by atoms with Crippen molar-refractivity contribution in [1.29, 1.82) is 0 Å². The first-order chi connectivity index (χ1) is 19.5. The van der Waals surface area contributed by atoms with Crippen molar-refractivity contribution in [3.8, 4) is 0 Å². The predicted octanol–water partition coefficient (Wildman–Crippen LogP) is 0.324. The number of hydrogen-bond donors (Lipinski definition) is 4. The van der Waals surface area contributed by atoms with Gasteiger partial charge in [-0.05, 0) is 44.4 Å². The van der Waals surface area contributed by atoms with E-state index in [2.05, 4.69) is 26.2 Å². The highest BCUT2D eigenvalue weighted by molar-refractivity contribution is 6.38. The molecule has 42 heavy (non-hydrogen) atoms. The fraction of sp³-hybridized carbons (Fsp3) is 0.600. The number of carbonyl (C=O) groups is 6. The third-order valence-electron chi connectivity index (χ3n) is 7.20. The van der Waals surface area contributed by atoms with Gasteiger partial charge in [0.2, 0.25) is 23.5 Å². The minimum atomic E-state index is -1.18. The lowest BCUT2D eigenvalue weighted by atomic mass is 9.85. The summed E-state index contributed by atoms with van der Waals surface area (Å²) in [6.45, 7) is 14.2. The second-order valence-electron chi connectivity index (χ2n) is 12.3. The first-order valence-corrected chi connectivity index (χ1v) is 14.3. The second kappa shape index (κ2) is 14.9. The average Bonchev–Trinajstić information content (AvgIpc) is 2.93. The van der Waals surface area contributed by atoms with E-state index < -0.39 is 64.9 Å². The van der Waals surface area contributed by atoms with Gasteiger partial charge in [0.15, 0.2) is 0 Å². The van der Waals surface area contributed by atoms with E-state index in [0.717, 1.165) is 13.1 Å². The third-order valence-corrected chi connectivity index (χ3v) is 7.20. The number of likely N-dealkylation sites (N-methyl/N-ethyl adjacent to an activating group) is 1. The van der Waals surface area contributed by atoms with Crippen LogP contribution in [-0.2, 0) is 24.0 Å². The van der Waals surface area contributed by atoms with E-state index in [-0.39, 0.29) is 5.91 Å². The van der Waals surface area contributed by atoms with Crippen molar-refractivity contribution in [3.05, 3.63) is 35.9 Å². The van der Waals surface area contributed by atoms with E-state index in [1.807, 2.05) is 7.05 Å². The Morgan fingerprint density at radius 3 is 1.83 bits per heavy atom. The Kier molecular flexibility index (Phi) is 12.2. The molecule has 0 saturated carbocycles. The number of benzene rings is 1. The molecule has 4 atom stereocenters. The highest BCUT2D eigenvalue weighted by Gasteiger charge is 2.36. The van der Waals surface area contributed by atoms with Gasteiger partial charge in [0.1, 0.15) is 18.1 Å². The van der Waals surface area contributed by atoms with E-state index in [9.17, 15) is 28.8 Å². The molecule has 0 bridgehead atoms. The van der Waals surface area contributed by atoms with Gasteiger partial charge in [0.05, 0.1) is 6.04 Å². The Labute approximate surface area is 248 Å². The summed E-state index contributed by atoms with van der Waals surface area (Å²) in [5.41, 5.74) is -0.293. The number of carbonyl (C=O) groups excluding carboxylic acids is 6. The van der Waals surface area contributed by atoms with Gasteiger partial charge in [-0.3, -0.25) is 28.8 Å². The Bertz CT molecular complexity index is 1140. The smallest absolute Gasteiger partial charge is 0.290 e. The molecule has 12 nitrogen and oxygen atoms in total. The molecule has 4 unspecified atom stereocenters. The number of Topliss-reactive ketones (excluding diaryl/α,β-unsaturated/α-hetero) is 1. The van der Waals surface area contributed by atoms with Crippen LogP contribution in [0.5, 0.6) is 0 Å². The molecule has 0 spiro atoms. The standard InChI is InChI=1S/C30H46N6O6/c1-18(2)22(23(37)27(40)32-20(4)29(42)36-16-14-35(8)15-17-36)33-25(38)19(3)31-28(41)24(30(5,6)7)34-26(39)21-12-10-9-11-13-21/h9-13,18-20,22,24H,14-17H2,1-8H3,(H,31,41)(H,32,40)(H,33,38)(H,34,39). The molecule has 1 aromatic carbocycles. The molecule has 1 aliphatic rings. The first kappa shape index (κ1) is 34.4. The fourth-order valence-electron chi connectivity index (χ4n) is 4.43. The highest BCUT2D eigenvalue weighted by Crippen LogP contribution is 2.20. The Balaban J connectivity index is 2.01. The number of nitrogens with zero attached hydrogens (tertiary/aromatic N) is 2. The highest BCUT2D eigenvalue weighted by atomic mass is 16.2. The maximum absolute atomic E-state index is 13.2. The quantitative estimate of drug-likeness (QED) is 0.272. The first-order valence-electron chi connectivity index (χ1n) is 14.3. The molecular formula is C30H46N6O6. The third kappa shape index (κ3) is 9.64. The van der Waals surface area contributed by atoms with E-state index in [1.165, 1.54) is 13.8 Å². The summed E-state index contributed by atoms with van der Waals surface area (Å²) < 4.78 is 0. The zero-order valence-corrected chi connectivity index (χ0v) is 25.9. The molecule has 1 fully saturated rings. The minimum Gasteiger partial charge on any atom is -0.344 e. The summed E-state index contributed by atoms with van der Waals surface area (Å²) in [6.07, 6.45) is 0. The number of nitrogens with one attached hydrogen (secondary N) is 4. The van der Waals surface area contributed by atoms with Gasteiger partial charge in [-0.2, -0.15) is 0 Å². The maximum Gasteiger partial charge on any atom is 0.290 e. The van der Waals surface area contributed by atoms with Crippen LogP contribution in [0, 0.1) is 11.3 Å². The van der Waals surface area contributed by atoms with Gasteiger partial charge in [0, 0.05) is 31.7 Å². The minimum absolute atomic E-state index is 0.279. The van der Waals surface area contributed by atoms with E-state index >= 15 is 0 Å². The van der Waals surface area contributed by atoms with Crippen LogP contribution in [0.3, 0.4) is 0 Å². The molecule has 0 aliphatic carbocycles. The summed E-state index contributed by atoms with van der Waals surface area (Å²) in [4.78, 5) is 81.3. The summed E-state index contributed by atoms with van der Waals surface area (Å²) in [7, 11) is 1.96. The van der Waals surface area contributed by atoms with E-state index in [1.54, 1.807) is 69.9 Å². The van der Waals surface area contributed by atoms with Gasteiger partial charge in [-0.15, -0.1) is 0 Å². The summed E-state index contributed by atoms with van der Waals surface area (Å²) in [6, 6.07) is 4.33. The number of piperazine rings is 1. The van der Waals surface area contributed by atoms with E-state index in [4.69, 9.17) is 0 Å². The second-order valence-corrected chi connectivity index (χ2v) is 12.3. The Morgan fingerprint density at radius 1 is 0.738 bits per heavy atom. The summed E-state index contributed by atoms with van der Waals surface area (Å²) in [5, 5.41) is 10.4. The molecule has 12 heteroatoms. The molecular weight excluding hydrogens is 540 g/mol. The molecule has 4 N–H and O–H groups in total. The van der Waals surface area contributed by atoms with Gasteiger partial charge >= 0.3 is 0 Å². The molecule has 1 saturated heterocycles. The molecule has 232 valence electrons. The largest absolute Gasteiger partial charge is 0.344 e. The molecule has 5 amide bonds. The maximum atomic E-state index is 13.2. The Morgan fingerprint density at radius 2 is 1.31 bits per heavy atom. The van der Waals surface area contributed by atoms with Crippen molar-refractivity contribution in [2.45, 2.75) is 72.6 Å². The van der Waals surface area contributed by atoms with E-state index in [0.29, 0.717) is 18.7 Å². The van der Waals surface area contributed by atoms with Crippen molar-refractivity contribution in [1.82, 2.24) is 31.1 Å². The SMILES string of the molecule is CC(NC(=O)C(NC(=O)c1ccccc1)C(C)(C)C)C(=O)NC(C(=O)C(=O)NC(C)C(=O)N1CCN(C)CC1)C(C)C. The molecule has 1 heterocycles. The van der Waals surface area contributed by atoms with Gasteiger partial charge < -0.3 is 31.1 Å². The summed E-state index contributed by atoms with van der Waals surface area (Å²) in [5.74, 6) is -4.28. The van der Waals surface area contributed by atoms with Crippen LogP contribution in [-0.4, -0.2) is 103 Å². The number of hydrogen-bond acceptors (Lipinski definition) is 7. The lowest BCUT2D eigenvalue weighted by Gasteiger charge is -2.34. The van der Waals surface area contributed by atoms with Crippen molar-refractivity contribution in [2.24, 2.45) is 11.3 Å². The summed E-state index contributed by atoms with van der Waals surface area (Å²) >= 11 is 0. The zero-order valence-electron chi connectivity index (χ0n) is 25.9. The number of ketones is 1. The molecule has 0 aromatic heterocycles. The lowest BCUT2D eigenvalue weighted by Crippen LogP contribution is -2.59. The zero-order chi connectivity index (χ0) is 31.8. The van der Waals surface area contributed by atoms with Crippen LogP contribution < -0.4 is 21.3 Å². The number of rotatable bonds is 11. The van der Waals surface area contributed by atoms with Gasteiger partial charge in [0.25, 0.3) is 11.8 Å². The van der Waals surface area contributed by atoms with Crippen molar-refractivity contribution < 1.29 is 28.8 Å². The van der Waals surface area contributed by atoms with Gasteiger partial charge in [-0.1, -0.05) is 52.8 Å². The van der Waals surface area contributed by atoms with Crippen molar-refractivity contribution in [2.75, 3.05) is 33.2 Å². The topological polar surface area (TPSA) is 157 Å². The van der Waals surface area contributed by atoms with Crippen LogP contribution in [0.25, 0.3) is 0 Å².